The van der Waals surface area contributed by atoms with E-state index in [0.29, 0.717) is 42.8 Å². The number of aliphatic hydroxyl groups is 2. The van der Waals surface area contributed by atoms with Gasteiger partial charge in [-0.3, -0.25) is 9.59 Å². The van der Waals surface area contributed by atoms with Crippen LogP contribution in [0.1, 0.15) is 65.2 Å². The van der Waals surface area contributed by atoms with Gasteiger partial charge in [0.15, 0.2) is 5.78 Å². The van der Waals surface area contributed by atoms with Crippen LogP contribution in [0.5, 0.6) is 0 Å². The highest BCUT2D eigenvalue weighted by Crippen LogP contribution is 2.67. The molecule has 0 aliphatic heterocycles. The lowest BCUT2D eigenvalue weighted by atomic mass is 9.44. The van der Waals surface area contributed by atoms with E-state index in [2.05, 4.69) is 13.8 Å². The number of rotatable bonds is 2. The summed E-state index contributed by atoms with van der Waals surface area (Å²) in [5.74, 6) is 1.86. The van der Waals surface area contributed by atoms with Crippen molar-refractivity contribution in [1.82, 2.24) is 0 Å². The molecule has 4 rings (SSSR count). The number of carbonyl (C=O) groups excluding carboxylic acids is 2. The summed E-state index contributed by atoms with van der Waals surface area (Å²) in [6, 6.07) is 0. The second-order valence-corrected chi connectivity index (χ2v) is 9.85. The topological polar surface area (TPSA) is 74.6 Å². The number of fused-ring (bicyclic) bond motifs is 5. The summed E-state index contributed by atoms with van der Waals surface area (Å²) in [6.45, 7) is 4.12. The molecule has 4 nitrogen and oxygen atoms in total. The van der Waals surface area contributed by atoms with E-state index in [1.54, 1.807) is 0 Å². The molecule has 0 unspecified atom stereocenters. The van der Waals surface area contributed by atoms with Crippen LogP contribution in [0.15, 0.2) is 0 Å². The molecule has 0 radical (unpaired) electrons. The molecule has 4 heteroatoms. The van der Waals surface area contributed by atoms with Crippen LogP contribution in [0.25, 0.3) is 0 Å². The van der Waals surface area contributed by atoms with Gasteiger partial charge in [-0.1, -0.05) is 13.8 Å². The van der Waals surface area contributed by atoms with Crippen molar-refractivity contribution in [2.24, 2.45) is 40.4 Å². The number of hydrogen-bond acceptors (Lipinski definition) is 4. The third-order valence-electron chi connectivity index (χ3n) is 8.95. The zero-order chi connectivity index (χ0) is 18.0. The van der Waals surface area contributed by atoms with E-state index in [9.17, 15) is 19.8 Å². The summed E-state index contributed by atoms with van der Waals surface area (Å²) in [7, 11) is 0. The van der Waals surface area contributed by atoms with Crippen molar-refractivity contribution in [3.63, 3.8) is 0 Å². The summed E-state index contributed by atoms with van der Waals surface area (Å²) in [5.41, 5.74) is -0.106. The van der Waals surface area contributed by atoms with Crippen LogP contribution in [-0.4, -0.2) is 34.5 Å². The second-order valence-electron chi connectivity index (χ2n) is 9.85. The second kappa shape index (κ2) is 5.88. The fourth-order valence-corrected chi connectivity index (χ4v) is 7.81. The predicted molar refractivity (Wildman–Crippen MR) is 93.7 cm³/mol. The first-order valence-corrected chi connectivity index (χ1v) is 10.1. The van der Waals surface area contributed by atoms with Crippen LogP contribution in [0.2, 0.25) is 0 Å². The Bertz CT molecular complexity index is 586. The third-order valence-corrected chi connectivity index (χ3v) is 8.95. The van der Waals surface area contributed by atoms with Crippen LogP contribution < -0.4 is 0 Å². The fraction of sp³-hybridized carbons (Fsp3) is 0.905. The van der Waals surface area contributed by atoms with Crippen molar-refractivity contribution in [2.75, 3.05) is 6.61 Å². The van der Waals surface area contributed by atoms with E-state index in [0.717, 1.165) is 32.1 Å². The third kappa shape index (κ3) is 2.39. The monoisotopic (exact) mass is 348 g/mol. The summed E-state index contributed by atoms with van der Waals surface area (Å²) >= 11 is 0. The number of ketones is 2. The first kappa shape index (κ1) is 17.7. The Kier molecular flexibility index (Phi) is 4.16. The van der Waals surface area contributed by atoms with Gasteiger partial charge in [-0.2, -0.15) is 0 Å². The number of carbonyl (C=O) groups is 2. The van der Waals surface area contributed by atoms with Gasteiger partial charge in [0.2, 0.25) is 0 Å². The number of Topliss-reactive ketones (excluding diaryl/α,β-unsaturated/α-hetero) is 2. The van der Waals surface area contributed by atoms with E-state index >= 15 is 0 Å². The minimum Gasteiger partial charge on any atom is -0.393 e. The SMILES string of the molecule is C[C@]12CCC(=O)C[C@@H]1CC[C@@H]1[C@@H]2[C@@H](O)C[C@]2(C)[C@@H](C(=O)CO)CC[C@H]12. The molecule has 2 N–H and O–H groups in total. The van der Waals surface area contributed by atoms with Gasteiger partial charge in [-0.25, -0.2) is 0 Å². The lowest BCUT2D eigenvalue weighted by Gasteiger charge is -2.61. The van der Waals surface area contributed by atoms with Gasteiger partial charge in [0.05, 0.1) is 6.10 Å². The number of hydrogen-bond donors (Lipinski definition) is 2. The quantitative estimate of drug-likeness (QED) is 0.805. The van der Waals surface area contributed by atoms with E-state index in [1.807, 2.05) is 0 Å². The molecule has 0 heterocycles. The molecular formula is C21H32O4. The largest absolute Gasteiger partial charge is 0.393 e. The van der Waals surface area contributed by atoms with Gasteiger partial charge in [-0.15, -0.1) is 0 Å². The molecule has 0 bridgehead atoms. The van der Waals surface area contributed by atoms with Crippen molar-refractivity contribution in [2.45, 2.75) is 71.3 Å². The number of aliphatic hydroxyl groups excluding tert-OH is 2. The molecule has 0 spiro atoms. The lowest BCUT2D eigenvalue weighted by Crippen LogP contribution is -2.59. The molecule has 0 saturated heterocycles. The highest BCUT2D eigenvalue weighted by atomic mass is 16.3. The maximum atomic E-state index is 12.3. The van der Waals surface area contributed by atoms with Gasteiger partial charge in [0, 0.05) is 18.8 Å². The Morgan fingerprint density at radius 1 is 1.16 bits per heavy atom. The van der Waals surface area contributed by atoms with Crippen LogP contribution in [0, 0.1) is 40.4 Å². The summed E-state index contributed by atoms with van der Waals surface area (Å²) < 4.78 is 0. The molecule has 0 amide bonds. The lowest BCUT2D eigenvalue weighted by molar-refractivity contribution is -0.174. The first-order chi connectivity index (χ1) is 11.8. The van der Waals surface area contributed by atoms with Crippen molar-refractivity contribution in [3.8, 4) is 0 Å². The van der Waals surface area contributed by atoms with E-state index in [-0.39, 0.29) is 41.2 Å². The van der Waals surface area contributed by atoms with Crippen molar-refractivity contribution in [3.05, 3.63) is 0 Å². The molecule has 4 aliphatic rings. The smallest absolute Gasteiger partial charge is 0.161 e. The van der Waals surface area contributed by atoms with E-state index < -0.39 is 0 Å². The van der Waals surface area contributed by atoms with E-state index in [4.69, 9.17) is 0 Å². The van der Waals surface area contributed by atoms with E-state index in [1.165, 1.54) is 0 Å². The molecule has 25 heavy (non-hydrogen) atoms. The molecule has 140 valence electrons. The molecule has 0 aromatic carbocycles. The van der Waals surface area contributed by atoms with Gasteiger partial charge in [0.1, 0.15) is 12.4 Å². The zero-order valence-electron chi connectivity index (χ0n) is 15.5. The maximum Gasteiger partial charge on any atom is 0.161 e. The Balaban J connectivity index is 1.66. The Morgan fingerprint density at radius 2 is 1.92 bits per heavy atom. The molecule has 0 aromatic rings. The minimum atomic E-state index is -0.389. The zero-order valence-corrected chi connectivity index (χ0v) is 15.5. The van der Waals surface area contributed by atoms with Crippen molar-refractivity contribution >= 4 is 11.6 Å². The van der Waals surface area contributed by atoms with Gasteiger partial charge in [0.25, 0.3) is 0 Å². The maximum absolute atomic E-state index is 12.3. The van der Waals surface area contributed by atoms with Gasteiger partial charge >= 0.3 is 0 Å². The minimum absolute atomic E-state index is 0.0428. The standard InChI is InChI=1S/C21H32O4/c1-20-8-7-13(23)9-12(20)3-4-14-15-5-6-16(18(25)11-22)21(15,2)10-17(24)19(14)20/h12,14-17,19,22,24H,3-11H2,1-2H3/t12-,14-,15+,16+,17-,19+,20-,21-/m0/s1. The Labute approximate surface area is 150 Å². The molecule has 0 aromatic heterocycles. The molecular weight excluding hydrogens is 316 g/mol. The molecule has 4 fully saturated rings. The van der Waals surface area contributed by atoms with Crippen LogP contribution in [-0.2, 0) is 9.59 Å². The molecule has 8 atom stereocenters. The van der Waals surface area contributed by atoms with Crippen LogP contribution >= 0.6 is 0 Å². The van der Waals surface area contributed by atoms with Crippen molar-refractivity contribution in [1.29, 1.82) is 0 Å². The highest BCUT2D eigenvalue weighted by molar-refractivity contribution is 5.83. The first-order valence-electron chi connectivity index (χ1n) is 10.1. The van der Waals surface area contributed by atoms with Crippen molar-refractivity contribution < 1.29 is 19.8 Å². The van der Waals surface area contributed by atoms with Gasteiger partial charge in [-0.05, 0) is 73.0 Å². The average molecular weight is 348 g/mol. The van der Waals surface area contributed by atoms with Gasteiger partial charge < -0.3 is 10.2 Å². The summed E-state index contributed by atoms with van der Waals surface area (Å²) in [6.07, 6.45) is 6.62. The Morgan fingerprint density at radius 3 is 2.64 bits per heavy atom. The average Bonchev–Trinajstić information content (AvgIpc) is 2.91. The predicted octanol–water partition coefficient (Wildman–Crippen LogP) is 2.75. The molecule has 4 saturated carbocycles. The van der Waals surface area contributed by atoms with Crippen LogP contribution in [0.4, 0.5) is 0 Å². The molecule has 4 aliphatic carbocycles. The summed E-state index contributed by atoms with van der Waals surface area (Å²) in [5, 5.41) is 20.6. The fourth-order valence-electron chi connectivity index (χ4n) is 7.81. The normalized spacial score (nSPS) is 52.2. The Hall–Kier alpha value is -0.740. The highest BCUT2D eigenvalue weighted by Gasteiger charge is 2.63. The summed E-state index contributed by atoms with van der Waals surface area (Å²) in [4.78, 5) is 24.3. The van der Waals surface area contributed by atoms with Crippen LogP contribution in [0.3, 0.4) is 0 Å².